The highest BCUT2D eigenvalue weighted by Gasteiger charge is 2.04. The van der Waals surface area contributed by atoms with Gasteiger partial charge in [-0.3, -0.25) is 0 Å². The van der Waals surface area contributed by atoms with Crippen molar-refractivity contribution in [1.82, 2.24) is 10.6 Å². The van der Waals surface area contributed by atoms with Crippen molar-refractivity contribution in [3.63, 3.8) is 0 Å². The topological polar surface area (TPSA) is 96.6 Å². The standard InChI is InChI=1S/C12H19ClN4O2S.HI/c1-2-15-12(16-7-8-20(14,18)19)17-9-10-5-3-4-6-11(10)13;/h3-6H,2,7-9H2,1H3,(H2,14,18,19)(H2,15,16,17);1H. The van der Waals surface area contributed by atoms with Gasteiger partial charge in [-0.05, 0) is 18.6 Å². The summed E-state index contributed by atoms with van der Waals surface area (Å²) < 4.78 is 21.7. The van der Waals surface area contributed by atoms with E-state index in [1.54, 1.807) is 6.07 Å². The monoisotopic (exact) mass is 446 g/mol. The molecule has 0 saturated heterocycles. The van der Waals surface area contributed by atoms with Crippen LogP contribution in [0.5, 0.6) is 0 Å². The zero-order chi connectivity index (χ0) is 15.0. The van der Waals surface area contributed by atoms with Gasteiger partial charge < -0.3 is 10.6 Å². The second-order valence-corrected chi connectivity index (χ2v) is 6.22. The maximum Gasteiger partial charge on any atom is 0.210 e. The quantitative estimate of drug-likeness (QED) is 0.349. The summed E-state index contributed by atoms with van der Waals surface area (Å²) in [5.41, 5.74) is 0.901. The molecule has 0 aromatic heterocycles. The highest BCUT2D eigenvalue weighted by atomic mass is 127. The second kappa shape index (κ2) is 10.2. The molecule has 0 spiro atoms. The molecule has 21 heavy (non-hydrogen) atoms. The van der Waals surface area contributed by atoms with Crippen LogP contribution >= 0.6 is 35.6 Å². The van der Waals surface area contributed by atoms with E-state index in [1.165, 1.54) is 0 Å². The van der Waals surface area contributed by atoms with Crippen LogP contribution in [-0.4, -0.2) is 33.2 Å². The molecule has 1 rings (SSSR count). The number of rotatable bonds is 6. The van der Waals surface area contributed by atoms with Gasteiger partial charge in [0, 0.05) is 18.1 Å². The van der Waals surface area contributed by atoms with Crippen molar-refractivity contribution < 1.29 is 8.42 Å². The molecule has 0 heterocycles. The Morgan fingerprint density at radius 2 is 2.00 bits per heavy atom. The molecule has 120 valence electrons. The molecule has 6 nitrogen and oxygen atoms in total. The van der Waals surface area contributed by atoms with E-state index in [0.29, 0.717) is 24.1 Å². The molecular weight excluding hydrogens is 427 g/mol. The van der Waals surface area contributed by atoms with Gasteiger partial charge >= 0.3 is 0 Å². The number of guanidine groups is 1. The number of aliphatic imine (C=N–C) groups is 1. The smallest absolute Gasteiger partial charge is 0.210 e. The van der Waals surface area contributed by atoms with E-state index in [-0.39, 0.29) is 36.3 Å². The van der Waals surface area contributed by atoms with Crippen molar-refractivity contribution in [3.8, 4) is 0 Å². The Kier molecular flexibility index (Phi) is 9.92. The zero-order valence-electron chi connectivity index (χ0n) is 11.7. The van der Waals surface area contributed by atoms with Crippen LogP contribution in [0.15, 0.2) is 29.3 Å². The average Bonchev–Trinajstić information content (AvgIpc) is 2.36. The van der Waals surface area contributed by atoms with E-state index in [2.05, 4.69) is 15.6 Å². The summed E-state index contributed by atoms with van der Waals surface area (Å²) in [5, 5.41) is 11.5. The van der Waals surface area contributed by atoms with Crippen molar-refractivity contribution in [2.45, 2.75) is 13.5 Å². The molecule has 0 aliphatic carbocycles. The Morgan fingerprint density at radius 3 is 2.57 bits per heavy atom. The summed E-state index contributed by atoms with van der Waals surface area (Å²) in [7, 11) is -3.47. The molecule has 0 radical (unpaired) electrons. The van der Waals surface area contributed by atoms with Gasteiger partial charge in [-0.2, -0.15) is 0 Å². The van der Waals surface area contributed by atoms with Crippen molar-refractivity contribution in [3.05, 3.63) is 34.9 Å². The van der Waals surface area contributed by atoms with Crippen LogP contribution in [0.2, 0.25) is 5.02 Å². The van der Waals surface area contributed by atoms with Gasteiger partial charge in [-0.1, -0.05) is 29.8 Å². The lowest BCUT2D eigenvalue weighted by Gasteiger charge is -2.11. The lowest BCUT2D eigenvalue weighted by atomic mass is 10.2. The third kappa shape index (κ3) is 9.12. The van der Waals surface area contributed by atoms with Crippen LogP contribution in [0.4, 0.5) is 0 Å². The first-order valence-electron chi connectivity index (χ1n) is 6.18. The minimum absolute atomic E-state index is 0. The number of nitrogens with two attached hydrogens (primary N) is 1. The fourth-order valence-electron chi connectivity index (χ4n) is 1.44. The molecule has 0 aliphatic heterocycles. The van der Waals surface area contributed by atoms with Crippen molar-refractivity contribution >= 4 is 51.6 Å². The number of halogens is 2. The van der Waals surface area contributed by atoms with Crippen LogP contribution in [0.1, 0.15) is 12.5 Å². The first-order chi connectivity index (χ1) is 9.42. The zero-order valence-corrected chi connectivity index (χ0v) is 15.6. The fourth-order valence-corrected chi connectivity index (χ4v) is 2.03. The minimum atomic E-state index is -3.47. The molecule has 0 saturated carbocycles. The average molecular weight is 447 g/mol. The lowest BCUT2D eigenvalue weighted by Crippen LogP contribution is -2.40. The molecule has 0 amide bonds. The molecule has 0 atom stereocenters. The lowest BCUT2D eigenvalue weighted by molar-refractivity contribution is 0.596. The molecule has 0 fully saturated rings. The third-order valence-electron chi connectivity index (χ3n) is 2.39. The van der Waals surface area contributed by atoms with Crippen LogP contribution in [0, 0.1) is 0 Å². The summed E-state index contributed by atoms with van der Waals surface area (Å²) in [6, 6.07) is 7.43. The molecule has 1 aromatic carbocycles. The molecule has 0 unspecified atom stereocenters. The van der Waals surface area contributed by atoms with Crippen molar-refractivity contribution in [2.75, 3.05) is 18.8 Å². The Labute approximate surface area is 147 Å². The van der Waals surface area contributed by atoms with Gasteiger partial charge in [-0.15, -0.1) is 24.0 Å². The van der Waals surface area contributed by atoms with Crippen LogP contribution < -0.4 is 15.8 Å². The molecule has 1 aromatic rings. The van der Waals surface area contributed by atoms with Crippen LogP contribution in [-0.2, 0) is 16.6 Å². The number of nitrogens with one attached hydrogen (secondary N) is 2. The van der Waals surface area contributed by atoms with E-state index in [4.69, 9.17) is 16.7 Å². The Balaban J connectivity index is 0.00000400. The maximum atomic E-state index is 10.9. The minimum Gasteiger partial charge on any atom is -0.357 e. The maximum absolute atomic E-state index is 10.9. The van der Waals surface area contributed by atoms with E-state index < -0.39 is 10.0 Å². The van der Waals surface area contributed by atoms with E-state index in [9.17, 15) is 8.42 Å². The highest BCUT2D eigenvalue weighted by Crippen LogP contribution is 2.15. The van der Waals surface area contributed by atoms with Gasteiger partial charge in [0.1, 0.15) is 0 Å². The molecular formula is C12H20ClIN4O2S. The number of sulfonamides is 1. The van der Waals surface area contributed by atoms with E-state index in [1.807, 2.05) is 25.1 Å². The van der Waals surface area contributed by atoms with Gasteiger partial charge in [0.25, 0.3) is 0 Å². The fraction of sp³-hybridized carbons (Fsp3) is 0.417. The molecule has 4 N–H and O–H groups in total. The number of hydrogen-bond acceptors (Lipinski definition) is 3. The normalized spacial score (nSPS) is 11.7. The molecule has 0 aliphatic rings. The predicted molar refractivity (Wildman–Crippen MR) is 97.7 cm³/mol. The number of nitrogens with zero attached hydrogens (tertiary/aromatic N) is 1. The van der Waals surface area contributed by atoms with Gasteiger partial charge in [0.2, 0.25) is 10.0 Å². The second-order valence-electron chi connectivity index (χ2n) is 4.08. The van der Waals surface area contributed by atoms with Gasteiger partial charge in [0.05, 0.1) is 12.3 Å². The van der Waals surface area contributed by atoms with E-state index in [0.717, 1.165) is 5.56 Å². The van der Waals surface area contributed by atoms with Crippen LogP contribution in [0.3, 0.4) is 0 Å². The summed E-state index contributed by atoms with van der Waals surface area (Å²) >= 11 is 6.04. The highest BCUT2D eigenvalue weighted by molar-refractivity contribution is 14.0. The molecule has 0 bridgehead atoms. The first-order valence-corrected chi connectivity index (χ1v) is 8.28. The van der Waals surface area contributed by atoms with E-state index >= 15 is 0 Å². The number of primary sulfonamides is 1. The van der Waals surface area contributed by atoms with Gasteiger partial charge in [-0.25, -0.2) is 18.5 Å². The number of hydrogen-bond donors (Lipinski definition) is 3. The summed E-state index contributed by atoms with van der Waals surface area (Å²) in [6.45, 7) is 3.20. The Bertz CT molecular complexity index is 566. The third-order valence-corrected chi connectivity index (χ3v) is 3.53. The van der Waals surface area contributed by atoms with Crippen molar-refractivity contribution in [1.29, 1.82) is 0 Å². The summed E-state index contributed by atoms with van der Waals surface area (Å²) in [6.07, 6.45) is 0. The summed E-state index contributed by atoms with van der Waals surface area (Å²) in [4.78, 5) is 4.34. The largest absolute Gasteiger partial charge is 0.357 e. The van der Waals surface area contributed by atoms with Crippen molar-refractivity contribution in [2.24, 2.45) is 10.1 Å². The Morgan fingerprint density at radius 1 is 1.33 bits per heavy atom. The first kappa shape index (κ1) is 20.4. The van der Waals surface area contributed by atoms with Gasteiger partial charge in [0.15, 0.2) is 5.96 Å². The Hall–Kier alpha value is -0.580. The molecule has 9 heteroatoms. The predicted octanol–water partition coefficient (Wildman–Crippen LogP) is 1.30. The number of benzene rings is 1. The SMILES string of the molecule is CCNC(=NCc1ccccc1Cl)NCCS(N)(=O)=O.I. The van der Waals surface area contributed by atoms with Crippen LogP contribution in [0.25, 0.3) is 0 Å². The summed E-state index contributed by atoms with van der Waals surface area (Å²) in [5.74, 6) is 0.375.